The van der Waals surface area contributed by atoms with E-state index in [4.69, 9.17) is 4.74 Å². The number of ketones is 1. The van der Waals surface area contributed by atoms with Crippen LogP contribution in [0.2, 0.25) is 0 Å². The van der Waals surface area contributed by atoms with Gasteiger partial charge >= 0.3 is 0 Å². The van der Waals surface area contributed by atoms with E-state index < -0.39 is 58.9 Å². The highest BCUT2D eigenvalue weighted by atomic mass is 19.1. The normalized spacial score (nSPS) is 22.8. The zero-order chi connectivity index (χ0) is 23.7. The molecule has 3 aromatic rings. The first-order valence-corrected chi connectivity index (χ1v) is 10.3. The second kappa shape index (κ2) is 9.38. The van der Waals surface area contributed by atoms with Crippen LogP contribution in [0.15, 0.2) is 48.8 Å². The number of aliphatic hydroxyl groups is 2. The monoisotopic (exact) mass is 458 g/mol. The van der Waals surface area contributed by atoms with Crippen molar-refractivity contribution in [2.75, 3.05) is 0 Å². The molecule has 4 atom stereocenters. The fourth-order valence-electron chi connectivity index (χ4n) is 3.93. The minimum Gasteiger partial charge on any atom is -0.390 e. The Hall–Kier alpha value is -3.14. The lowest BCUT2D eigenvalue weighted by Crippen LogP contribution is -2.44. The Morgan fingerprint density at radius 3 is 2.52 bits per heavy atom. The summed E-state index contributed by atoms with van der Waals surface area (Å²) in [5.74, 6) is -3.48. The number of aliphatic hydroxyl groups excluding tert-OH is 2. The van der Waals surface area contributed by atoms with E-state index in [9.17, 15) is 28.2 Å². The van der Waals surface area contributed by atoms with Gasteiger partial charge in [-0.25, -0.2) is 18.2 Å². The Morgan fingerprint density at radius 2 is 1.82 bits per heavy atom. The van der Waals surface area contributed by atoms with Gasteiger partial charge in [0.25, 0.3) is 0 Å². The second-order valence-corrected chi connectivity index (χ2v) is 7.92. The summed E-state index contributed by atoms with van der Waals surface area (Å²) in [6, 6.07) is 6.85. The molecule has 0 radical (unpaired) electrons. The second-order valence-electron chi connectivity index (χ2n) is 7.92. The number of nitrogens with zero attached hydrogens (tertiary/aromatic N) is 2. The lowest BCUT2D eigenvalue weighted by atomic mass is 9.91. The van der Waals surface area contributed by atoms with Crippen LogP contribution >= 0.6 is 0 Å². The van der Waals surface area contributed by atoms with Crippen LogP contribution in [0.1, 0.15) is 41.1 Å². The van der Waals surface area contributed by atoms with Gasteiger partial charge in [0.05, 0.1) is 23.9 Å². The number of aromatic nitrogens is 2. The molecule has 4 rings (SSSR count). The predicted octanol–water partition coefficient (Wildman–Crippen LogP) is 3.56. The number of Topliss-reactive ketones (excluding diaryl/α,β-unsaturated/α-hetero) is 1. The molecule has 2 N–H and O–H groups in total. The molecule has 0 saturated carbocycles. The molecule has 3 heterocycles. The SMILES string of the molecule is C[C@@H]1O[C@H](c2ccncc2CC(=O)c2ccc(F)c(-c3c(F)cccc3F)n2)C[C@@H](O)[C@H]1O. The Kier molecular flexibility index (Phi) is 6.55. The first-order chi connectivity index (χ1) is 15.8. The number of benzene rings is 1. The summed E-state index contributed by atoms with van der Waals surface area (Å²) in [6.45, 7) is 1.64. The highest BCUT2D eigenvalue weighted by Gasteiger charge is 2.35. The topological polar surface area (TPSA) is 92.5 Å². The molecule has 0 bridgehead atoms. The minimum absolute atomic E-state index is 0.127. The molecule has 2 aromatic heterocycles. The van der Waals surface area contributed by atoms with Gasteiger partial charge in [0.2, 0.25) is 0 Å². The number of hydrogen-bond acceptors (Lipinski definition) is 6. The molecule has 0 amide bonds. The molecule has 6 nitrogen and oxygen atoms in total. The molecule has 0 aliphatic carbocycles. The Labute approximate surface area is 187 Å². The van der Waals surface area contributed by atoms with Crippen molar-refractivity contribution < 1.29 is 32.9 Å². The number of ether oxygens (including phenoxy) is 1. The Bertz CT molecular complexity index is 1160. The van der Waals surface area contributed by atoms with Crippen LogP contribution < -0.4 is 0 Å². The van der Waals surface area contributed by atoms with E-state index in [1.54, 1.807) is 13.0 Å². The van der Waals surface area contributed by atoms with Gasteiger partial charge in [-0.2, -0.15) is 0 Å². The number of carbonyl (C=O) groups excluding carboxylic acids is 1. The molecule has 0 unspecified atom stereocenters. The minimum atomic E-state index is -1.02. The largest absolute Gasteiger partial charge is 0.390 e. The van der Waals surface area contributed by atoms with Crippen molar-refractivity contribution in [3.63, 3.8) is 0 Å². The Morgan fingerprint density at radius 1 is 1.09 bits per heavy atom. The number of hydrogen-bond donors (Lipinski definition) is 2. The number of pyridine rings is 2. The van der Waals surface area contributed by atoms with E-state index in [0.29, 0.717) is 11.1 Å². The molecule has 0 spiro atoms. The lowest BCUT2D eigenvalue weighted by molar-refractivity contribution is -0.163. The van der Waals surface area contributed by atoms with Crippen molar-refractivity contribution in [2.45, 2.75) is 44.2 Å². The number of carbonyl (C=O) groups is 1. The van der Waals surface area contributed by atoms with E-state index in [1.807, 2.05) is 0 Å². The van der Waals surface area contributed by atoms with Crippen LogP contribution in [-0.4, -0.2) is 44.3 Å². The average molecular weight is 458 g/mol. The molecular weight excluding hydrogens is 437 g/mol. The van der Waals surface area contributed by atoms with Gasteiger partial charge in [-0.15, -0.1) is 0 Å². The first-order valence-electron chi connectivity index (χ1n) is 10.3. The average Bonchev–Trinajstić information content (AvgIpc) is 2.78. The van der Waals surface area contributed by atoms with Gasteiger partial charge in [0.15, 0.2) is 5.78 Å². The molecule has 33 heavy (non-hydrogen) atoms. The zero-order valence-electron chi connectivity index (χ0n) is 17.6. The smallest absolute Gasteiger partial charge is 0.185 e. The summed E-state index contributed by atoms with van der Waals surface area (Å²) >= 11 is 0. The third kappa shape index (κ3) is 4.66. The molecule has 1 fully saturated rings. The van der Waals surface area contributed by atoms with E-state index in [0.717, 1.165) is 30.3 Å². The maximum absolute atomic E-state index is 14.3. The van der Waals surface area contributed by atoms with E-state index in [1.165, 1.54) is 12.4 Å². The molecule has 1 saturated heterocycles. The first kappa shape index (κ1) is 23.0. The third-order valence-corrected chi connectivity index (χ3v) is 5.68. The highest BCUT2D eigenvalue weighted by Crippen LogP contribution is 2.34. The molecule has 1 aromatic carbocycles. The lowest BCUT2D eigenvalue weighted by Gasteiger charge is -2.36. The van der Waals surface area contributed by atoms with Crippen molar-refractivity contribution in [3.05, 3.63) is 83.1 Å². The van der Waals surface area contributed by atoms with Crippen molar-refractivity contribution in [2.24, 2.45) is 0 Å². The summed E-state index contributed by atoms with van der Waals surface area (Å²) in [7, 11) is 0. The van der Waals surface area contributed by atoms with E-state index in [2.05, 4.69) is 9.97 Å². The summed E-state index contributed by atoms with van der Waals surface area (Å²) in [5.41, 5.74) is -0.308. The molecule has 9 heteroatoms. The van der Waals surface area contributed by atoms with Gasteiger partial charge in [-0.05, 0) is 48.4 Å². The van der Waals surface area contributed by atoms with Gasteiger partial charge in [0, 0.05) is 25.2 Å². The van der Waals surface area contributed by atoms with E-state index in [-0.39, 0.29) is 18.5 Å². The summed E-state index contributed by atoms with van der Waals surface area (Å²) in [6.07, 6.45) is -0.276. The predicted molar refractivity (Wildman–Crippen MR) is 112 cm³/mol. The summed E-state index contributed by atoms with van der Waals surface area (Å²) in [4.78, 5) is 20.9. The van der Waals surface area contributed by atoms with Crippen molar-refractivity contribution in [1.29, 1.82) is 0 Å². The van der Waals surface area contributed by atoms with Crippen molar-refractivity contribution in [3.8, 4) is 11.3 Å². The quantitative estimate of drug-likeness (QED) is 0.568. The Balaban J connectivity index is 1.63. The number of rotatable bonds is 5. The van der Waals surface area contributed by atoms with Crippen LogP contribution in [0.5, 0.6) is 0 Å². The maximum atomic E-state index is 14.3. The van der Waals surface area contributed by atoms with Crippen molar-refractivity contribution in [1.82, 2.24) is 9.97 Å². The van der Waals surface area contributed by atoms with Gasteiger partial charge in [-0.3, -0.25) is 9.78 Å². The standard InChI is InChI=1S/C24H21F3N2O4/c1-12-24(32)20(31)10-21(33-12)14-7-8-28-11-13(14)9-19(30)18-6-5-17(27)23(29-18)22-15(25)3-2-4-16(22)26/h2-8,11-12,20-21,24,31-32H,9-10H2,1H3/t12-,20+,21-,24-/m0/s1. The van der Waals surface area contributed by atoms with Crippen LogP contribution in [-0.2, 0) is 11.2 Å². The molecular formula is C24H21F3N2O4. The fourth-order valence-corrected chi connectivity index (χ4v) is 3.93. The summed E-state index contributed by atoms with van der Waals surface area (Å²) < 4.78 is 48.5. The number of halogens is 3. The van der Waals surface area contributed by atoms with Gasteiger partial charge in [0.1, 0.15) is 34.9 Å². The van der Waals surface area contributed by atoms with Crippen LogP contribution in [0, 0.1) is 17.5 Å². The van der Waals surface area contributed by atoms with Crippen LogP contribution in [0.4, 0.5) is 13.2 Å². The summed E-state index contributed by atoms with van der Waals surface area (Å²) in [5, 5.41) is 20.0. The maximum Gasteiger partial charge on any atom is 0.185 e. The fraction of sp³-hybridized carbons (Fsp3) is 0.292. The van der Waals surface area contributed by atoms with Crippen molar-refractivity contribution >= 4 is 5.78 Å². The molecule has 1 aliphatic heterocycles. The highest BCUT2D eigenvalue weighted by molar-refractivity contribution is 5.96. The van der Waals surface area contributed by atoms with Gasteiger partial charge < -0.3 is 14.9 Å². The molecule has 172 valence electrons. The molecule has 1 aliphatic rings. The van der Waals surface area contributed by atoms with Crippen LogP contribution in [0.25, 0.3) is 11.3 Å². The van der Waals surface area contributed by atoms with Gasteiger partial charge in [-0.1, -0.05) is 6.07 Å². The zero-order valence-corrected chi connectivity index (χ0v) is 17.6. The third-order valence-electron chi connectivity index (χ3n) is 5.68. The van der Waals surface area contributed by atoms with Crippen LogP contribution in [0.3, 0.4) is 0 Å². The van der Waals surface area contributed by atoms with E-state index >= 15 is 0 Å².